The van der Waals surface area contributed by atoms with Crippen LogP contribution < -0.4 is 26.4 Å². The first-order chi connectivity index (χ1) is 24.4. The van der Waals surface area contributed by atoms with E-state index in [-0.39, 0.29) is 48.9 Å². The number of carbonyl (C=O) groups excluding carboxylic acids is 5. The summed E-state index contributed by atoms with van der Waals surface area (Å²) in [7, 11) is -4.16. The van der Waals surface area contributed by atoms with E-state index in [2.05, 4.69) is 31.3 Å². The zero-order valence-electron chi connectivity index (χ0n) is 30.2. The molecule has 0 radical (unpaired) electrons. The predicted molar refractivity (Wildman–Crippen MR) is 192 cm³/mol. The van der Waals surface area contributed by atoms with Gasteiger partial charge >= 0.3 is 0 Å². The fraction of sp³-hybridized carbons (Fsp3) is 0.457. The van der Waals surface area contributed by atoms with Gasteiger partial charge in [0.1, 0.15) is 24.5 Å². The maximum atomic E-state index is 13.8. The highest BCUT2D eigenvalue weighted by atomic mass is 32.2. The van der Waals surface area contributed by atoms with E-state index in [1.165, 1.54) is 28.6 Å². The standard InChI is InChI=1S/C35H47N9O7S/c1-20(2)15-27-34(48)39-23(5)32-41-31(25-11-8-7-9-12-25)42-44(32)19-29(45)37-13-10-14-43(18-30(46)38-24(6)33(47)40-27)35(49)26-16-21(3)22(4)28(17-26)52(36,50)51/h7-9,11-12,16-17,20,23-24,27H,10,13-15,18-19H2,1-6H3,(H,37,45)(H,38,46)(H,39,48)(H,40,47)(H2,36,50,51)/t23-,24+,27+/m0/s1. The summed E-state index contributed by atoms with van der Waals surface area (Å²) in [6, 6.07) is 9.08. The van der Waals surface area contributed by atoms with E-state index >= 15 is 0 Å². The number of fused-ring (bicyclic) bond motifs is 1. The van der Waals surface area contributed by atoms with Gasteiger partial charge < -0.3 is 26.2 Å². The van der Waals surface area contributed by atoms with Gasteiger partial charge in [0.05, 0.1) is 17.5 Å². The molecule has 1 aliphatic heterocycles. The summed E-state index contributed by atoms with van der Waals surface area (Å²) in [6.07, 6.45) is 0.505. The molecule has 5 amide bonds. The molecular weight excluding hydrogens is 691 g/mol. The predicted octanol–water partition coefficient (Wildman–Crippen LogP) is 1.08. The van der Waals surface area contributed by atoms with E-state index < -0.39 is 64.2 Å². The van der Waals surface area contributed by atoms with Crippen molar-refractivity contribution in [2.24, 2.45) is 11.1 Å². The van der Waals surface area contributed by atoms with Crippen molar-refractivity contribution < 1.29 is 32.4 Å². The fourth-order valence-corrected chi connectivity index (χ4v) is 6.65. The van der Waals surface area contributed by atoms with Crippen molar-refractivity contribution in [1.29, 1.82) is 0 Å². The number of hydrogen-bond acceptors (Lipinski definition) is 9. The highest BCUT2D eigenvalue weighted by molar-refractivity contribution is 7.89. The Morgan fingerprint density at radius 2 is 1.63 bits per heavy atom. The quantitative estimate of drug-likeness (QED) is 0.252. The van der Waals surface area contributed by atoms with E-state index in [1.807, 2.05) is 44.2 Å². The molecular formula is C35H47N9O7S. The molecule has 52 heavy (non-hydrogen) atoms. The summed E-state index contributed by atoms with van der Waals surface area (Å²) in [5.41, 5.74) is 1.60. The van der Waals surface area contributed by atoms with Crippen LogP contribution in [0.3, 0.4) is 0 Å². The van der Waals surface area contributed by atoms with Gasteiger partial charge in [-0.2, -0.15) is 5.10 Å². The van der Waals surface area contributed by atoms with Gasteiger partial charge in [-0.25, -0.2) is 23.2 Å². The minimum absolute atomic E-state index is 0.00210. The third-order valence-electron chi connectivity index (χ3n) is 8.60. The minimum atomic E-state index is -4.16. The van der Waals surface area contributed by atoms with Crippen molar-refractivity contribution in [2.75, 3.05) is 19.6 Å². The van der Waals surface area contributed by atoms with Gasteiger partial charge in [-0.3, -0.25) is 24.0 Å². The fourth-order valence-electron chi connectivity index (χ4n) is 5.78. The lowest BCUT2D eigenvalue weighted by atomic mass is 10.0. The van der Waals surface area contributed by atoms with Crippen molar-refractivity contribution in [1.82, 2.24) is 40.9 Å². The van der Waals surface area contributed by atoms with E-state index in [4.69, 9.17) is 5.14 Å². The van der Waals surface area contributed by atoms with E-state index in [0.717, 1.165) is 0 Å². The summed E-state index contributed by atoms with van der Waals surface area (Å²) in [5, 5.41) is 21.0. The second-order valence-corrected chi connectivity index (χ2v) is 14.9. The molecule has 3 aromatic rings. The van der Waals surface area contributed by atoms with Gasteiger partial charge in [-0.15, -0.1) is 0 Å². The Hall–Kier alpha value is -5.16. The molecule has 0 aliphatic carbocycles. The average molecular weight is 738 g/mol. The van der Waals surface area contributed by atoms with Gasteiger partial charge in [0.2, 0.25) is 33.7 Å². The zero-order chi connectivity index (χ0) is 38.3. The zero-order valence-corrected chi connectivity index (χ0v) is 31.0. The molecule has 4 rings (SSSR count). The van der Waals surface area contributed by atoms with Crippen LogP contribution in [0, 0.1) is 19.8 Å². The number of nitrogens with one attached hydrogen (secondary N) is 4. The third kappa shape index (κ3) is 10.2. The number of benzene rings is 2. The summed E-state index contributed by atoms with van der Waals surface area (Å²) >= 11 is 0. The van der Waals surface area contributed by atoms with Crippen LogP contribution in [0.15, 0.2) is 47.4 Å². The average Bonchev–Trinajstić information content (AvgIpc) is 3.49. The van der Waals surface area contributed by atoms with E-state index in [0.29, 0.717) is 28.3 Å². The van der Waals surface area contributed by atoms with E-state index in [1.54, 1.807) is 20.8 Å². The first kappa shape index (κ1) is 39.6. The maximum absolute atomic E-state index is 13.8. The summed E-state index contributed by atoms with van der Waals surface area (Å²) in [6.45, 7) is 9.56. The molecule has 17 heteroatoms. The lowest BCUT2D eigenvalue weighted by Crippen LogP contribution is -2.54. The van der Waals surface area contributed by atoms with Crippen LogP contribution in [-0.2, 0) is 35.7 Å². The first-order valence-electron chi connectivity index (χ1n) is 17.0. The van der Waals surface area contributed by atoms with Crippen molar-refractivity contribution in [3.63, 3.8) is 0 Å². The molecule has 0 unspecified atom stereocenters. The van der Waals surface area contributed by atoms with Crippen molar-refractivity contribution >= 4 is 39.6 Å². The minimum Gasteiger partial charge on any atom is -0.354 e. The molecule has 2 aromatic carbocycles. The Morgan fingerprint density at radius 1 is 0.942 bits per heavy atom. The van der Waals surface area contributed by atoms with Crippen LogP contribution in [0.4, 0.5) is 0 Å². The van der Waals surface area contributed by atoms with Gasteiger partial charge in [-0.1, -0.05) is 44.2 Å². The number of amides is 5. The molecule has 0 saturated heterocycles. The third-order valence-corrected chi connectivity index (χ3v) is 9.64. The molecule has 0 spiro atoms. The number of sulfonamides is 1. The lowest BCUT2D eigenvalue weighted by molar-refractivity contribution is -0.132. The smallest absolute Gasteiger partial charge is 0.254 e. The van der Waals surface area contributed by atoms with Crippen LogP contribution in [-0.4, -0.2) is 89.3 Å². The Bertz CT molecular complexity index is 1930. The second kappa shape index (κ2) is 16.9. The lowest BCUT2D eigenvalue weighted by Gasteiger charge is -2.25. The van der Waals surface area contributed by atoms with Gasteiger partial charge in [-0.05, 0) is 69.7 Å². The first-order valence-corrected chi connectivity index (χ1v) is 18.6. The molecule has 0 saturated carbocycles. The van der Waals surface area contributed by atoms with E-state index in [9.17, 15) is 32.4 Å². The Kier molecular flexibility index (Phi) is 12.9. The maximum Gasteiger partial charge on any atom is 0.254 e. The SMILES string of the molecule is Cc1cc(C(=O)N2CCCNC(=O)Cn3nc(-c4ccccc4)nc3[C@H](C)NC(=O)[C@@H](CC(C)C)NC(=O)[C@@H](C)NC(=O)C2)cc(S(N)(=O)=O)c1C. The number of aryl methyl sites for hydroxylation is 1. The normalized spacial score (nSPS) is 20.1. The molecule has 16 nitrogen and oxygen atoms in total. The molecule has 1 aliphatic rings. The molecule has 0 bridgehead atoms. The number of nitrogens with two attached hydrogens (primary N) is 1. The second-order valence-electron chi connectivity index (χ2n) is 13.4. The molecule has 6 N–H and O–H groups in total. The molecule has 2 heterocycles. The highest BCUT2D eigenvalue weighted by Crippen LogP contribution is 2.22. The number of aromatic nitrogens is 3. The van der Waals surface area contributed by atoms with Crippen LogP contribution in [0.2, 0.25) is 0 Å². The summed E-state index contributed by atoms with van der Waals surface area (Å²) in [4.78, 5) is 72.8. The summed E-state index contributed by atoms with van der Waals surface area (Å²) in [5.74, 6) is -2.16. The monoisotopic (exact) mass is 737 g/mol. The number of primary sulfonamides is 1. The Labute approximate surface area is 303 Å². The number of carbonyl (C=O) groups is 5. The largest absolute Gasteiger partial charge is 0.354 e. The molecule has 280 valence electrons. The molecule has 1 aromatic heterocycles. The van der Waals surface area contributed by atoms with Gasteiger partial charge in [0, 0.05) is 24.2 Å². The number of rotatable bonds is 5. The Morgan fingerprint density at radius 3 is 2.29 bits per heavy atom. The summed E-state index contributed by atoms with van der Waals surface area (Å²) < 4.78 is 26.0. The van der Waals surface area contributed by atoms with Crippen LogP contribution >= 0.6 is 0 Å². The Balaban J connectivity index is 1.67. The molecule has 3 atom stereocenters. The van der Waals surface area contributed by atoms with Gasteiger partial charge in [0.25, 0.3) is 5.91 Å². The van der Waals surface area contributed by atoms with Crippen molar-refractivity contribution in [2.45, 2.75) is 83.9 Å². The van der Waals surface area contributed by atoms with Gasteiger partial charge in [0.15, 0.2) is 5.82 Å². The molecule has 0 fully saturated rings. The highest BCUT2D eigenvalue weighted by Gasteiger charge is 2.29. The van der Waals surface area contributed by atoms with Crippen LogP contribution in [0.1, 0.15) is 73.9 Å². The number of hydrogen-bond donors (Lipinski definition) is 5. The van der Waals surface area contributed by atoms with Crippen molar-refractivity contribution in [3.05, 3.63) is 65.0 Å². The van der Waals surface area contributed by atoms with Crippen LogP contribution in [0.5, 0.6) is 0 Å². The number of nitrogens with zero attached hydrogens (tertiary/aromatic N) is 4. The van der Waals surface area contributed by atoms with Crippen molar-refractivity contribution in [3.8, 4) is 11.4 Å². The topological polar surface area (TPSA) is 228 Å². The van der Waals surface area contributed by atoms with Crippen LogP contribution in [0.25, 0.3) is 11.4 Å².